The van der Waals surface area contributed by atoms with Gasteiger partial charge in [0.25, 0.3) is 0 Å². The standard InChI is InChI=1S/C15H30N4O2/c1-7-15(8-2,21-9-3)14(18-16)13-12(20-6)10-17-19(13)11(4)5/h10-11,14,18H,7-9,16H2,1-6H3. The summed E-state index contributed by atoms with van der Waals surface area (Å²) in [6.45, 7) is 11.0. The molecule has 0 radical (unpaired) electrons. The zero-order valence-corrected chi connectivity index (χ0v) is 14.1. The normalized spacial score (nSPS) is 13.7. The van der Waals surface area contributed by atoms with E-state index in [-0.39, 0.29) is 17.7 Å². The number of hydrogen-bond acceptors (Lipinski definition) is 5. The van der Waals surface area contributed by atoms with Gasteiger partial charge in [-0.25, -0.2) is 5.43 Å². The van der Waals surface area contributed by atoms with E-state index in [2.05, 4.69) is 38.2 Å². The third-order valence-electron chi connectivity index (χ3n) is 4.10. The maximum Gasteiger partial charge on any atom is 0.161 e. The molecule has 0 bridgehead atoms. The highest BCUT2D eigenvalue weighted by Crippen LogP contribution is 2.39. The third kappa shape index (κ3) is 3.39. The molecule has 0 aromatic carbocycles. The summed E-state index contributed by atoms with van der Waals surface area (Å²) in [6, 6.07) is 0.0279. The van der Waals surface area contributed by atoms with Crippen LogP contribution in [0.25, 0.3) is 0 Å². The van der Waals surface area contributed by atoms with Crippen molar-refractivity contribution in [3.8, 4) is 5.75 Å². The van der Waals surface area contributed by atoms with Crippen LogP contribution in [0.4, 0.5) is 0 Å². The van der Waals surface area contributed by atoms with Crippen molar-refractivity contribution in [2.45, 2.75) is 65.1 Å². The van der Waals surface area contributed by atoms with E-state index in [1.807, 2.05) is 11.6 Å². The van der Waals surface area contributed by atoms with Crippen LogP contribution >= 0.6 is 0 Å². The van der Waals surface area contributed by atoms with Crippen molar-refractivity contribution in [2.75, 3.05) is 13.7 Å². The molecule has 3 N–H and O–H groups in total. The monoisotopic (exact) mass is 298 g/mol. The second kappa shape index (κ2) is 7.77. The van der Waals surface area contributed by atoms with Crippen LogP contribution in [0.15, 0.2) is 6.20 Å². The molecule has 0 aliphatic rings. The Morgan fingerprint density at radius 2 is 1.95 bits per heavy atom. The van der Waals surface area contributed by atoms with E-state index < -0.39 is 0 Å². The number of nitrogens with zero attached hydrogens (tertiary/aromatic N) is 2. The number of nitrogens with one attached hydrogen (secondary N) is 1. The van der Waals surface area contributed by atoms with Gasteiger partial charge in [-0.15, -0.1) is 0 Å². The summed E-state index contributed by atoms with van der Waals surface area (Å²) >= 11 is 0. The Morgan fingerprint density at radius 1 is 1.33 bits per heavy atom. The van der Waals surface area contributed by atoms with E-state index in [4.69, 9.17) is 15.3 Å². The molecule has 122 valence electrons. The van der Waals surface area contributed by atoms with Crippen molar-refractivity contribution in [2.24, 2.45) is 5.84 Å². The van der Waals surface area contributed by atoms with E-state index in [0.29, 0.717) is 6.61 Å². The molecule has 0 aliphatic heterocycles. The molecule has 1 aromatic heterocycles. The minimum absolute atomic E-state index is 0.188. The molecule has 21 heavy (non-hydrogen) atoms. The van der Waals surface area contributed by atoms with Gasteiger partial charge in [-0.2, -0.15) is 5.10 Å². The predicted octanol–water partition coefficient (Wildman–Crippen LogP) is 2.57. The van der Waals surface area contributed by atoms with E-state index in [1.54, 1.807) is 13.3 Å². The molecule has 1 unspecified atom stereocenters. The molecule has 0 saturated carbocycles. The molecule has 1 aromatic rings. The maximum atomic E-state index is 6.10. The summed E-state index contributed by atoms with van der Waals surface area (Å²) in [6.07, 6.45) is 3.43. The fraction of sp³-hybridized carbons (Fsp3) is 0.800. The Hall–Kier alpha value is -1.11. The zero-order chi connectivity index (χ0) is 16.0. The van der Waals surface area contributed by atoms with Crippen molar-refractivity contribution < 1.29 is 9.47 Å². The van der Waals surface area contributed by atoms with Gasteiger partial charge in [-0.05, 0) is 33.6 Å². The van der Waals surface area contributed by atoms with Gasteiger partial charge in [0.05, 0.1) is 24.9 Å². The molecular weight excluding hydrogens is 268 g/mol. The average molecular weight is 298 g/mol. The molecule has 0 spiro atoms. The lowest BCUT2D eigenvalue weighted by Crippen LogP contribution is -2.49. The number of methoxy groups -OCH3 is 1. The van der Waals surface area contributed by atoms with Crippen LogP contribution in [0.3, 0.4) is 0 Å². The van der Waals surface area contributed by atoms with Gasteiger partial charge in [0.1, 0.15) is 5.69 Å². The highest BCUT2D eigenvalue weighted by molar-refractivity contribution is 5.31. The lowest BCUT2D eigenvalue weighted by atomic mass is 9.86. The first-order valence-corrected chi connectivity index (χ1v) is 7.72. The van der Waals surface area contributed by atoms with Crippen molar-refractivity contribution in [1.82, 2.24) is 15.2 Å². The van der Waals surface area contributed by atoms with Gasteiger partial charge in [-0.3, -0.25) is 10.5 Å². The molecule has 1 atom stereocenters. The molecule has 6 nitrogen and oxygen atoms in total. The van der Waals surface area contributed by atoms with Gasteiger partial charge < -0.3 is 9.47 Å². The number of hydrogen-bond donors (Lipinski definition) is 2. The van der Waals surface area contributed by atoms with Gasteiger partial charge in [0.15, 0.2) is 5.75 Å². The summed E-state index contributed by atoms with van der Waals surface area (Å²) in [5, 5.41) is 4.44. The SMILES string of the molecule is CCOC(CC)(CC)C(NN)c1c(OC)cnn1C(C)C. The largest absolute Gasteiger partial charge is 0.493 e. The first kappa shape index (κ1) is 17.9. The first-order valence-electron chi connectivity index (χ1n) is 7.72. The van der Waals surface area contributed by atoms with E-state index in [9.17, 15) is 0 Å². The number of ether oxygens (including phenoxy) is 2. The van der Waals surface area contributed by atoms with Crippen LogP contribution in [-0.2, 0) is 4.74 Å². The Morgan fingerprint density at radius 3 is 2.33 bits per heavy atom. The van der Waals surface area contributed by atoms with Crippen LogP contribution in [-0.4, -0.2) is 29.1 Å². The van der Waals surface area contributed by atoms with Crippen LogP contribution in [0.2, 0.25) is 0 Å². The zero-order valence-electron chi connectivity index (χ0n) is 14.1. The second-order valence-corrected chi connectivity index (χ2v) is 5.44. The van der Waals surface area contributed by atoms with Gasteiger partial charge in [-0.1, -0.05) is 13.8 Å². The molecule has 0 fully saturated rings. The van der Waals surface area contributed by atoms with Crippen LogP contribution in [0.1, 0.15) is 65.2 Å². The van der Waals surface area contributed by atoms with E-state index >= 15 is 0 Å². The van der Waals surface area contributed by atoms with Crippen molar-refractivity contribution >= 4 is 0 Å². The fourth-order valence-electron chi connectivity index (χ4n) is 2.91. The highest BCUT2D eigenvalue weighted by atomic mass is 16.5. The van der Waals surface area contributed by atoms with Crippen molar-refractivity contribution in [1.29, 1.82) is 0 Å². The quantitative estimate of drug-likeness (QED) is 0.541. The number of hydrazine groups is 1. The first-order chi connectivity index (χ1) is 10.0. The Balaban J connectivity index is 3.40. The molecule has 0 aliphatic carbocycles. The van der Waals surface area contributed by atoms with Gasteiger partial charge in [0.2, 0.25) is 0 Å². The molecular formula is C15H30N4O2. The van der Waals surface area contributed by atoms with Crippen LogP contribution in [0, 0.1) is 0 Å². The van der Waals surface area contributed by atoms with E-state index in [0.717, 1.165) is 24.3 Å². The third-order valence-corrected chi connectivity index (χ3v) is 4.10. The minimum atomic E-state index is -0.385. The Kier molecular flexibility index (Phi) is 6.64. The Bertz CT molecular complexity index is 427. The lowest BCUT2D eigenvalue weighted by molar-refractivity contribution is -0.0757. The van der Waals surface area contributed by atoms with E-state index in [1.165, 1.54) is 0 Å². The summed E-state index contributed by atoms with van der Waals surface area (Å²) in [5.41, 5.74) is 3.49. The summed E-state index contributed by atoms with van der Waals surface area (Å²) in [7, 11) is 1.65. The van der Waals surface area contributed by atoms with Gasteiger partial charge in [0, 0.05) is 12.6 Å². The molecule has 1 rings (SSSR count). The topological polar surface area (TPSA) is 74.3 Å². The molecule has 0 saturated heterocycles. The van der Waals surface area contributed by atoms with Crippen molar-refractivity contribution in [3.63, 3.8) is 0 Å². The van der Waals surface area contributed by atoms with Crippen molar-refractivity contribution in [3.05, 3.63) is 11.9 Å². The smallest absolute Gasteiger partial charge is 0.161 e. The lowest BCUT2D eigenvalue weighted by Gasteiger charge is -2.39. The fourth-order valence-corrected chi connectivity index (χ4v) is 2.91. The minimum Gasteiger partial charge on any atom is -0.493 e. The maximum absolute atomic E-state index is 6.10. The second-order valence-electron chi connectivity index (χ2n) is 5.44. The average Bonchev–Trinajstić information content (AvgIpc) is 2.90. The molecule has 1 heterocycles. The number of nitrogens with two attached hydrogens (primary N) is 1. The Labute approximate surface area is 128 Å². The van der Waals surface area contributed by atoms with Gasteiger partial charge >= 0.3 is 0 Å². The highest BCUT2D eigenvalue weighted by Gasteiger charge is 2.41. The number of rotatable bonds is 9. The summed E-state index contributed by atoms with van der Waals surface area (Å²) < 4.78 is 13.5. The summed E-state index contributed by atoms with van der Waals surface area (Å²) in [4.78, 5) is 0. The predicted molar refractivity (Wildman–Crippen MR) is 84.2 cm³/mol. The molecule has 6 heteroatoms. The molecule has 0 amide bonds. The number of aromatic nitrogens is 2. The summed E-state index contributed by atoms with van der Waals surface area (Å²) in [5.74, 6) is 6.63. The van der Waals surface area contributed by atoms with Crippen LogP contribution < -0.4 is 16.0 Å². The van der Waals surface area contributed by atoms with Crippen LogP contribution in [0.5, 0.6) is 5.75 Å².